The van der Waals surface area contributed by atoms with Crippen LogP contribution in [-0.2, 0) is 23.2 Å². The molecule has 10 nitrogen and oxygen atoms in total. The molecule has 1 amide bonds. The standard InChI is InChI=1S/C25H33N5O5/c1-16-21(35-18-5-3-4-17(14-18)23(31)32)7-6-19(26-16)22-20(29(2)28-27-22)15-34-24(33)30-12-10-25(8-9-25)11-13-30/h6-7,17-18H,3-5,8-15H2,1-2H3,(H,31,32)/t17-,18-/m0/s1. The zero-order valence-corrected chi connectivity index (χ0v) is 20.4. The van der Waals surface area contributed by atoms with Crippen LogP contribution in [-0.4, -0.2) is 61.2 Å². The first-order valence-corrected chi connectivity index (χ1v) is 12.5. The van der Waals surface area contributed by atoms with Crippen molar-refractivity contribution in [3.8, 4) is 17.1 Å². The predicted molar refractivity (Wildman–Crippen MR) is 126 cm³/mol. The number of pyridine rings is 1. The third kappa shape index (κ3) is 5.11. The first-order valence-electron chi connectivity index (χ1n) is 12.5. The van der Waals surface area contributed by atoms with Crippen LogP contribution < -0.4 is 4.74 Å². The van der Waals surface area contributed by atoms with Crippen molar-refractivity contribution in [1.29, 1.82) is 0 Å². The molecule has 3 heterocycles. The van der Waals surface area contributed by atoms with Crippen LogP contribution >= 0.6 is 0 Å². The van der Waals surface area contributed by atoms with E-state index in [4.69, 9.17) is 9.47 Å². The summed E-state index contributed by atoms with van der Waals surface area (Å²) in [6.45, 7) is 3.43. The highest BCUT2D eigenvalue weighted by Gasteiger charge is 2.45. The molecule has 3 fully saturated rings. The molecular formula is C25H33N5O5. The quantitative estimate of drug-likeness (QED) is 0.660. The van der Waals surface area contributed by atoms with Crippen molar-refractivity contribution in [2.75, 3.05) is 13.1 Å². The molecule has 0 bridgehead atoms. The summed E-state index contributed by atoms with van der Waals surface area (Å²) < 4.78 is 13.3. The molecule has 3 aliphatic rings. The van der Waals surface area contributed by atoms with Gasteiger partial charge in [-0.1, -0.05) is 5.21 Å². The van der Waals surface area contributed by atoms with E-state index in [1.165, 1.54) is 12.8 Å². The number of aliphatic carboxylic acids is 1. The Morgan fingerprint density at radius 2 is 1.94 bits per heavy atom. The van der Waals surface area contributed by atoms with E-state index in [9.17, 15) is 14.7 Å². The minimum Gasteiger partial charge on any atom is -0.489 e. The van der Waals surface area contributed by atoms with E-state index in [-0.39, 0.29) is 24.7 Å². The van der Waals surface area contributed by atoms with Crippen LogP contribution in [0.25, 0.3) is 11.4 Å². The summed E-state index contributed by atoms with van der Waals surface area (Å²) in [6.07, 6.45) is 7.17. The fourth-order valence-corrected chi connectivity index (χ4v) is 5.26. The minimum atomic E-state index is -0.758. The lowest BCUT2D eigenvalue weighted by Gasteiger charge is -2.31. The molecule has 0 unspecified atom stereocenters. The number of aromatic nitrogens is 4. The average Bonchev–Trinajstić information content (AvgIpc) is 3.50. The number of nitrogens with zero attached hydrogens (tertiary/aromatic N) is 5. The van der Waals surface area contributed by atoms with Crippen LogP contribution in [0.5, 0.6) is 5.75 Å². The monoisotopic (exact) mass is 483 g/mol. The van der Waals surface area contributed by atoms with Crippen molar-refractivity contribution < 1.29 is 24.2 Å². The van der Waals surface area contributed by atoms with E-state index >= 15 is 0 Å². The highest BCUT2D eigenvalue weighted by Crippen LogP contribution is 2.53. The second-order valence-electron chi connectivity index (χ2n) is 10.3. The highest BCUT2D eigenvalue weighted by molar-refractivity contribution is 5.70. The molecular weight excluding hydrogens is 450 g/mol. The molecule has 2 atom stereocenters. The van der Waals surface area contributed by atoms with Crippen LogP contribution in [0.3, 0.4) is 0 Å². The molecule has 2 aromatic rings. The molecule has 1 spiro atoms. The summed E-state index contributed by atoms with van der Waals surface area (Å²) in [5.41, 5.74) is 3.05. The number of carboxylic acids is 1. The number of likely N-dealkylation sites (tertiary alicyclic amines) is 1. The Bertz CT molecular complexity index is 1100. The number of piperidine rings is 1. The lowest BCUT2D eigenvalue weighted by atomic mass is 9.87. The molecule has 1 N–H and O–H groups in total. The van der Waals surface area contributed by atoms with Gasteiger partial charge in [0.05, 0.1) is 23.4 Å². The normalized spacial score (nSPS) is 23.2. The van der Waals surface area contributed by atoms with Gasteiger partial charge in [-0.25, -0.2) is 14.5 Å². The number of aryl methyl sites for hydroxylation is 2. The molecule has 1 aliphatic heterocycles. The summed E-state index contributed by atoms with van der Waals surface area (Å²) in [5, 5.41) is 17.7. The molecule has 0 aromatic carbocycles. The van der Waals surface area contributed by atoms with E-state index in [2.05, 4.69) is 15.3 Å². The Morgan fingerprint density at radius 1 is 1.17 bits per heavy atom. The number of hydrogen-bond acceptors (Lipinski definition) is 7. The van der Waals surface area contributed by atoms with Gasteiger partial charge in [-0.15, -0.1) is 5.10 Å². The molecule has 188 valence electrons. The van der Waals surface area contributed by atoms with Gasteiger partial charge in [-0.3, -0.25) is 4.79 Å². The lowest BCUT2D eigenvalue weighted by Crippen LogP contribution is -2.39. The van der Waals surface area contributed by atoms with Gasteiger partial charge >= 0.3 is 12.1 Å². The maximum Gasteiger partial charge on any atom is 0.410 e. The lowest BCUT2D eigenvalue weighted by molar-refractivity contribution is -0.143. The summed E-state index contributed by atoms with van der Waals surface area (Å²) in [5.74, 6) is -0.474. The van der Waals surface area contributed by atoms with Crippen molar-refractivity contribution >= 4 is 12.1 Å². The van der Waals surface area contributed by atoms with Crippen LogP contribution in [0.2, 0.25) is 0 Å². The van der Waals surface area contributed by atoms with Crippen LogP contribution in [0, 0.1) is 18.3 Å². The second kappa shape index (κ2) is 9.47. The van der Waals surface area contributed by atoms with Crippen LogP contribution in [0.1, 0.15) is 62.8 Å². The Labute approximate surface area is 204 Å². The van der Waals surface area contributed by atoms with Gasteiger partial charge < -0.3 is 19.5 Å². The third-order valence-corrected chi connectivity index (χ3v) is 7.86. The third-order valence-electron chi connectivity index (χ3n) is 7.86. The minimum absolute atomic E-state index is 0.0664. The largest absolute Gasteiger partial charge is 0.489 e. The molecule has 35 heavy (non-hydrogen) atoms. The maximum atomic E-state index is 12.6. The number of carboxylic acid groups (broad SMARTS) is 1. The fourth-order valence-electron chi connectivity index (χ4n) is 5.26. The number of hydrogen-bond donors (Lipinski definition) is 1. The SMILES string of the molecule is Cc1nc(-c2nnn(C)c2COC(=O)N2CCC3(CC2)CC3)ccc1O[C@H]1CCC[C@H](C(=O)O)C1. The van der Waals surface area contributed by atoms with Gasteiger partial charge in [0.15, 0.2) is 0 Å². The Balaban J connectivity index is 1.23. The van der Waals surface area contributed by atoms with Crippen molar-refractivity contribution in [3.05, 3.63) is 23.5 Å². The Kier molecular flexibility index (Phi) is 6.37. The average molecular weight is 484 g/mol. The van der Waals surface area contributed by atoms with Crippen molar-refractivity contribution in [2.24, 2.45) is 18.4 Å². The molecule has 5 rings (SSSR count). The molecule has 10 heteroatoms. The van der Waals surface area contributed by atoms with Gasteiger partial charge in [0.25, 0.3) is 0 Å². The topological polar surface area (TPSA) is 120 Å². The van der Waals surface area contributed by atoms with E-state index in [0.29, 0.717) is 46.8 Å². The van der Waals surface area contributed by atoms with Gasteiger partial charge in [0, 0.05) is 20.1 Å². The fraction of sp³-hybridized carbons (Fsp3) is 0.640. The van der Waals surface area contributed by atoms with Gasteiger partial charge in [-0.2, -0.15) is 0 Å². The van der Waals surface area contributed by atoms with Crippen LogP contribution in [0.4, 0.5) is 4.79 Å². The second-order valence-corrected chi connectivity index (χ2v) is 10.3. The summed E-state index contributed by atoms with van der Waals surface area (Å²) in [4.78, 5) is 30.4. The van der Waals surface area contributed by atoms with E-state index < -0.39 is 5.97 Å². The Hall–Kier alpha value is -3.17. The number of amides is 1. The van der Waals surface area contributed by atoms with Crippen molar-refractivity contribution in [1.82, 2.24) is 24.9 Å². The molecule has 0 radical (unpaired) electrons. The zero-order chi connectivity index (χ0) is 24.6. The summed E-state index contributed by atoms with van der Waals surface area (Å²) in [7, 11) is 1.77. The summed E-state index contributed by atoms with van der Waals surface area (Å²) >= 11 is 0. The molecule has 2 aliphatic carbocycles. The first kappa shape index (κ1) is 23.6. The van der Waals surface area contributed by atoms with Gasteiger partial charge in [0.1, 0.15) is 23.7 Å². The van der Waals surface area contributed by atoms with Gasteiger partial charge in [-0.05, 0) is 75.8 Å². The highest BCUT2D eigenvalue weighted by atomic mass is 16.6. The number of rotatable bonds is 6. The van der Waals surface area contributed by atoms with Crippen LogP contribution in [0.15, 0.2) is 12.1 Å². The number of carbonyl (C=O) groups excluding carboxylic acids is 1. The van der Waals surface area contributed by atoms with Crippen molar-refractivity contribution in [2.45, 2.75) is 71.0 Å². The molecule has 2 aromatic heterocycles. The van der Waals surface area contributed by atoms with E-state index in [1.54, 1.807) is 16.6 Å². The maximum absolute atomic E-state index is 12.6. The van der Waals surface area contributed by atoms with Gasteiger partial charge in [0.2, 0.25) is 0 Å². The number of ether oxygens (including phenoxy) is 2. The number of carbonyl (C=O) groups is 2. The Morgan fingerprint density at radius 3 is 2.63 bits per heavy atom. The molecule has 1 saturated heterocycles. The van der Waals surface area contributed by atoms with E-state index in [1.807, 2.05) is 19.1 Å². The zero-order valence-electron chi connectivity index (χ0n) is 20.4. The summed E-state index contributed by atoms with van der Waals surface area (Å²) in [6, 6.07) is 3.66. The first-order chi connectivity index (χ1) is 16.8. The van der Waals surface area contributed by atoms with E-state index in [0.717, 1.165) is 38.8 Å². The predicted octanol–water partition coefficient (Wildman–Crippen LogP) is 3.72. The van der Waals surface area contributed by atoms with Crippen molar-refractivity contribution in [3.63, 3.8) is 0 Å². The smallest absolute Gasteiger partial charge is 0.410 e. The molecule has 2 saturated carbocycles.